The molecule has 0 fully saturated rings. The van der Waals surface area contributed by atoms with Crippen LogP contribution in [0, 0.1) is 12.7 Å². The molecule has 0 saturated carbocycles. The van der Waals surface area contributed by atoms with Gasteiger partial charge >= 0.3 is 0 Å². The second-order valence-electron chi connectivity index (χ2n) is 7.48. The number of hydrogen-bond donors (Lipinski definition) is 0. The van der Waals surface area contributed by atoms with Gasteiger partial charge in [-0.2, -0.15) is 0 Å². The van der Waals surface area contributed by atoms with Gasteiger partial charge in [-0.25, -0.2) is 4.39 Å². The molecule has 0 bridgehead atoms. The molecule has 162 valence electrons. The van der Waals surface area contributed by atoms with E-state index in [0.29, 0.717) is 37.4 Å². The van der Waals surface area contributed by atoms with Crippen LogP contribution in [0.15, 0.2) is 71.1 Å². The highest BCUT2D eigenvalue weighted by Crippen LogP contribution is 2.15. The number of carbonyl (C=O) groups is 2. The lowest BCUT2D eigenvalue weighted by Crippen LogP contribution is -2.42. The van der Waals surface area contributed by atoms with Gasteiger partial charge in [0.05, 0.1) is 6.54 Å². The lowest BCUT2D eigenvalue weighted by Gasteiger charge is -2.27. The Balaban J connectivity index is 1.78. The normalized spacial score (nSPS) is 10.7. The van der Waals surface area contributed by atoms with Gasteiger partial charge in [0.25, 0.3) is 5.91 Å². The molecule has 0 atom stereocenters. The maximum Gasteiger partial charge on any atom is 0.254 e. The predicted molar refractivity (Wildman–Crippen MR) is 117 cm³/mol. The Bertz CT molecular complexity index is 999. The largest absolute Gasteiger partial charge is 0.464 e. The second-order valence-corrected chi connectivity index (χ2v) is 7.48. The number of furan rings is 1. The highest BCUT2D eigenvalue weighted by molar-refractivity contribution is 5.96. The molecule has 0 radical (unpaired) electrons. The Morgan fingerprint density at radius 1 is 0.903 bits per heavy atom. The van der Waals surface area contributed by atoms with E-state index in [1.807, 2.05) is 56.3 Å². The highest BCUT2D eigenvalue weighted by atomic mass is 19.1. The van der Waals surface area contributed by atoms with E-state index in [-0.39, 0.29) is 18.4 Å². The van der Waals surface area contributed by atoms with Crippen molar-refractivity contribution in [2.45, 2.75) is 33.4 Å². The summed E-state index contributed by atoms with van der Waals surface area (Å²) < 4.78 is 18.9. The second kappa shape index (κ2) is 10.6. The number of halogens is 1. The minimum atomic E-state index is -0.405. The van der Waals surface area contributed by atoms with Crippen molar-refractivity contribution in [2.24, 2.45) is 0 Å². The zero-order chi connectivity index (χ0) is 22.2. The number of carbonyl (C=O) groups excluding carboxylic acids is 2. The van der Waals surface area contributed by atoms with Gasteiger partial charge in [0, 0.05) is 18.7 Å². The fourth-order valence-corrected chi connectivity index (χ4v) is 3.35. The van der Waals surface area contributed by atoms with Crippen molar-refractivity contribution < 1.29 is 18.4 Å². The van der Waals surface area contributed by atoms with Crippen molar-refractivity contribution in [1.82, 2.24) is 9.80 Å². The van der Waals surface area contributed by atoms with Gasteiger partial charge < -0.3 is 14.2 Å². The maximum absolute atomic E-state index is 13.3. The first-order valence-corrected chi connectivity index (χ1v) is 10.4. The Morgan fingerprint density at radius 2 is 1.61 bits per heavy atom. The molecular formula is C25H27FN2O3. The van der Waals surface area contributed by atoms with Crippen LogP contribution < -0.4 is 0 Å². The summed E-state index contributed by atoms with van der Waals surface area (Å²) in [6.07, 6.45) is 0.705. The van der Waals surface area contributed by atoms with Gasteiger partial charge in [0.15, 0.2) is 0 Å². The van der Waals surface area contributed by atoms with Crippen molar-refractivity contribution in [1.29, 1.82) is 0 Å². The van der Waals surface area contributed by atoms with Crippen LogP contribution in [0.3, 0.4) is 0 Å². The van der Waals surface area contributed by atoms with Gasteiger partial charge in [-0.1, -0.05) is 37.3 Å². The molecule has 0 aliphatic heterocycles. The van der Waals surface area contributed by atoms with E-state index in [1.165, 1.54) is 29.2 Å². The molecule has 6 heteroatoms. The predicted octanol–water partition coefficient (Wildman–Crippen LogP) is 4.81. The average molecular weight is 423 g/mol. The summed E-state index contributed by atoms with van der Waals surface area (Å²) in [4.78, 5) is 29.4. The van der Waals surface area contributed by atoms with E-state index in [2.05, 4.69) is 0 Å². The first-order chi connectivity index (χ1) is 15.0. The van der Waals surface area contributed by atoms with Crippen LogP contribution in [0.1, 0.15) is 40.8 Å². The van der Waals surface area contributed by atoms with E-state index in [1.54, 1.807) is 4.90 Å². The van der Waals surface area contributed by atoms with Crippen LogP contribution in [0.25, 0.3) is 0 Å². The molecule has 1 aromatic heterocycles. The zero-order valence-electron chi connectivity index (χ0n) is 17.9. The molecule has 1 heterocycles. The summed E-state index contributed by atoms with van der Waals surface area (Å²) in [6, 6.07) is 18.8. The van der Waals surface area contributed by atoms with Crippen molar-refractivity contribution in [3.63, 3.8) is 0 Å². The molecule has 0 aliphatic rings. The van der Waals surface area contributed by atoms with Gasteiger partial charge in [-0.15, -0.1) is 0 Å². The van der Waals surface area contributed by atoms with Crippen molar-refractivity contribution >= 4 is 11.8 Å². The van der Waals surface area contributed by atoms with Crippen molar-refractivity contribution in [3.8, 4) is 0 Å². The van der Waals surface area contributed by atoms with Gasteiger partial charge in [-0.3, -0.25) is 9.59 Å². The first kappa shape index (κ1) is 22.3. The fraction of sp³-hybridized carbons (Fsp3) is 0.280. The van der Waals surface area contributed by atoms with E-state index >= 15 is 0 Å². The molecule has 2 aromatic carbocycles. The summed E-state index contributed by atoms with van der Waals surface area (Å²) in [5, 5.41) is 0. The summed E-state index contributed by atoms with van der Waals surface area (Å²) in [5.74, 6) is 0.595. The minimum Gasteiger partial charge on any atom is -0.464 e. The topological polar surface area (TPSA) is 53.8 Å². The molecule has 5 nitrogen and oxygen atoms in total. The number of nitrogens with zero attached hydrogens (tertiary/aromatic N) is 2. The smallest absolute Gasteiger partial charge is 0.254 e. The quantitative estimate of drug-likeness (QED) is 0.497. The number of amides is 2. The van der Waals surface area contributed by atoms with Crippen LogP contribution in [0.2, 0.25) is 0 Å². The number of aryl methyl sites for hydroxylation is 1. The Kier molecular flexibility index (Phi) is 7.60. The van der Waals surface area contributed by atoms with Crippen LogP contribution in [-0.2, 0) is 17.9 Å². The van der Waals surface area contributed by atoms with Crippen LogP contribution in [-0.4, -0.2) is 34.7 Å². The molecule has 0 aliphatic carbocycles. The van der Waals surface area contributed by atoms with Gasteiger partial charge in [0.2, 0.25) is 5.91 Å². The number of benzene rings is 2. The van der Waals surface area contributed by atoms with Gasteiger partial charge in [0.1, 0.15) is 23.9 Å². The van der Waals surface area contributed by atoms with E-state index in [4.69, 9.17) is 4.42 Å². The standard InChI is InChI=1S/C25H27FN2O3/c1-3-15-27(25(30)21-10-12-22(26)13-11-21)18-24(29)28(16-20-7-5-4-6-8-20)17-23-14-9-19(2)31-23/h4-14H,3,15-18H2,1-2H3. The van der Waals surface area contributed by atoms with E-state index < -0.39 is 5.82 Å². The first-order valence-electron chi connectivity index (χ1n) is 10.4. The molecule has 0 saturated heterocycles. The van der Waals surface area contributed by atoms with Crippen LogP contribution in [0.4, 0.5) is 4.39 Å². The monoisotopic (exact) mass is 422 g/mol. The third kappa shape index (κ3) is 6.28. The van der Waals surface area contributed by atoms with Crippen molar-refractivity contribution in [3.05, 3.63) is 95.2 Å². The molecule has 3 aromatic rings. The Morgan fingerprint density at radius 3 is 2.23 bits per heavy atom. The highest BCUT2D eigenvalue weighted by Gasteiger charge is 2.23. The Labute approximate surface area is 182 Å². The molecular weight excluding hydrogens is 395 g/mol. The summed E-state index contributed by atoms with van der Waals surface area (Å²) in [6.45, 7) is 4.90. The van der Waals surface area contributed by atoms with Crippen LogP contribution in [0.5, 0.6) is 0 Å². The molecule has 0 N–H and O–H groups in total. The molecule has 2 amide bonds. The average Bonchev–Trinajstić information content (AvgIpc) is 3.18. The number of rotatable bonds is 9. The summed E-state index contributed by atoms with van der Waals surface area (Å²) >= 11 is 0. The lowest BCUT2D eigenvalue weighted by atomic mass is 10.1. The van der Waals surface area contributed by atoms with E-state index in [9.17, 15) is 14.0 Å². The van der Waals surface area contributed by atoms with Gasteiger partial charge in [-0.05, 0) is 55.3 Å². The summed E-state index contributed by atoms with van der Waals surface area (Å²) in [5.41, 5.74) is 1.35. The fourth-order valence-electron chi connectivity index (χ4n) is 3.35. The SMILES string of the molecule is CCCN(CC(=O)N(Cc1ccccc1)Cc1ccc(C)o1)C(=O)c1ccc(F)cc1. The zero-order valence-corrected chi connectivity index (χ0v) is 17.9. The summed E-state index contributed by atoms with van der Waals surface area (Å²) in [7, 11) is 0. The van der Waals surface area contributed by atoms with Crippen molar-refractivity contribution in [2.75, 3.05) is 13.1 Å². The maximum atomic E-state index is 13.3. The number of hydrogen-bond acceptors (Lipinski definition) is 3. The minimum absolute atomic E-state index is 0.0590. The lowest BCUT2D eigenvalue weighted by molar-refractivity contribution is -0.133. The molecule has 3 rings (SSSR count). The Hall–Kier alpha value is -3.41. The molecule has 31 heavy (non-hydrogen) atoms. The third-order valence-corrected chi connectivity index (χ3v) is 4.91. The van der Waals surface area contributed by atoms with E-state index in [0.717, 1.165) is 11.3 Å². The van der Waals surface area contributed by atoms with Crippen LogP contribution >= 0.6 is 0 Å². The molecule has 0 unspecified atom stereocenters. The third-order valence-electron chi connectivity index (χ3n) is 4.91. The molecule has 0 spiro atoms.